The van der Waals surface area contributed by atoms with Gasteiger partial charge in [0.15, 0.2) is 0 Å². The summed E-state index contributed by atoms with van der Waals surface area (Å²) in [7, 11) is -3.30. The number of morpholine rings is 1. The van der Waals surface area contributed by atoms with Gasteiger partial charge in [0.25, 0.3) is 0 Å². The van der Waals surface area contributed by atoms with Gasteiger partial charge < -0.3 is 9.64 Å². The quantitative estimate of drug-likeness (QED) is 0.797. The lowest BCUT2D eigenvalue weighted by Crippen LogP contribution is -2.55. The highest BCUT2D eigenvalue weighted by atomic mass is 32.2. The smallest absolute Gasteiger partial charge is 0.225 e. The minimum Gasteiger partial charge on any atom is -0.365 e. The van der Waals surface area contributed by atoms with Gasteiger partial charge in [-0.15, -0.1) is 0 Å². The molecule has 4 rings (SSSR count). The van der Waals surface area contributed by atoms with E-state index >= 15 is 0 Å². The molecule has 1 aromatic rings. The van der Waals surface area contributed by atoms with Crippen LogP contribution in [0.4, 0.5) is 5.95 Å². The van der Waals surface area contributed by atoms with Gasteiger partial charge in [-0.3, -0.25) is 0 Å². The summed E-state index contributed by atoms with van der Waals surface area (Å²) in [6.45, 7) is 8.41. The monoisotopic (exact) mass is 366 g/mol. The van der Waals surface area contributed by atoms with Crippen LogP contribution in [0.25, 0.3) is 0 Å². The van der Waals surface area contributed by atoms with Crippen LogP contribution in [0.5, 0.6) is 0 Å². The number of ether oxygens (including phenoxy) is 1. The Morgan fingerprint density at radius 2 is 2.04 bits per heavy atom. The van der Waals surface area contributed by atoms with E-state index in [1.807, 2.05) is 6.92 Å². The number of hydrogen-bond donors (Lipinski definition) is 0. The fraction of sp³-hybridized carbons (Fsp3) is 0.765. The van der Waals surface area contributed by atoms with Crippen LogP contribution in [0.3, 0.4) is 0 Å². The van der Waals surface area contributed by atoms with Crippen LogP contribution >= 0.6 is 0 Å². The zero-order chi connectivity index (χ0) is 17.8. The maximum atomic E-state index is 13.0. The number of rotatable bonds is 4. The molecule has 3 aliphatic rings. The number of nitrogens with zero attached hydrogens (tertiary/aromatic N) is 4. The lowest BCUT2D eigenvalue weighted by atomic mass is 9.99. The Morgan fingerprint density at radius 1 is 1.32 bits per heavy atom. The molecule has 2 bridgehead atoms. The molecule has 4 heterocycles. The Bertz CT molecular complexity index is 752. The van der Waals surface area contributed by atoms with Crippen LogP contribution < -0.4 is 4.90 Å². The first-order valence-electron chi connectivity index (χ1n) is 9.00. The molecule has 0 aliphatic carbocycles. The molecule has 1 aromatic heterocycles. The first-order valence-corrected chi connectivity index (χ1v) is 10.5. The summed E-state index contributed by atoms with van der Waals surface area (Å²) in [6.07, 6.45) is 4.98. The van der Waals surface area contributed by atoms with Crippen LogP contribution in [0.15, 0.2) is 12.4 Å². The van der Waals surface area contributed by atoms with Crippen molar-refractivity contribution in [3.8, 4) is 0 Å². The molecule has 25 heavy (non-hydrogen) atoms. The third-order valence-electron chi connectivity index (χ3n) is 5.52. The highest BCUT2D eigenvalue weighted by Gasteiger charge is 2.65. The molecule has 3 fully saturated rings. The highest BCUT2D eigenvalue weighted by molar-refractivity contribution is 7.90. The molecule has 0 saturated carbocycles. The molecule has 8 heteroatoms. The molecule has 7 nitrogen and oxygen atoms in total. The normalized spacial score (nSPS) is 33.8. The maximum Gasteiger partial charge on any atom is 0.225 e. The van der Waals surface area contributed by atoms with Gasteiger partial charge in [0.2, 0.25) is 16.0 Å². The van der Waals surface area contributed by atoms with E-state index in [0.717, 1.165) is 12.0 Å². The van der Waals surface area contributed by atoms with E-state index < -0.39 is 20.9 Å². The zero-order valence-electron chi connectivity index (χ0n) is 15.1. The van der Waals surface area contributed by atoms with Gasteiger partial charge >= 0.3 is 0 Å². The summed E-state index contributed by atoms with van der Waals surface area (Å²) >= 11 is 0. The topological polar surface area (TPSA) is 75.6 Å². The number of anilines is 1. The molecule has 0 amide bonds. The van der Waals surface area contributed by atoms with Crippen molar-refractivity contribution in [3.05, 3.63) is 18.0 Å². The number of fused-ring (bicyclic) bond motifs is 1. The SMILES string of the molecule is Cc1cnc(N2C[C@@H]3C[C@@H]4[C@@](C2)(CN(CCC(C)C)S4(=O)=O)O3)nc1. The van der Waals surface area contributed by atoms with Crippen molar-refractivity contribution in [2.75, 3.05) is 31.1 Å². The van der Waals surface area contributed by atoms with E-state index in [4.69, 9.17) is 4.74 Å². The van der Waals surface area contributed by atoms with Gasteiger partial charge in [0, 0.05) is 32.0 Å². The molecular formula is C17H26N4O3S. The van der Waals surface area contributed by atoms with Gasteiger partial charge in [0.1, 0.15) is 10.9 Å². The molecule has 3 saturated heterocycles. The van der Waals surface area contributed by atoms with Crippen LogP contribution in [0.2, 0.25) is 0 Å². The van der Waals surface area contributed by atoms with Crippen molar-refractivity contribution in [2.24, 2.45) is 5.92 Å². The molecule has 3 atom stereocenters. The lowest BCUT2D eigenvalue weighted by molar-refractivity contribution is -0.0532. The van der Waals surface area contributed by atoms with Crippen LogP contribution in [-0.4, -0.2) is 65.8 Å². The summed E-state index contributed by atoms with van der Waals surface area (Å²) in [5.74, 6) is 1.14. The highest BCUT2D eigenvalue weighted by Crippen LogP contribution is 2.47. The average molecular weight is 366 g/mol. The second kappa shape index (κ2) is 5.89. The largest absolute Gasteiger partial charge is 0.365 e. The van der Waals surface area contributed by atoms with Crippen LogP contribution in [0, 0.1) is 12.8 Å². The van der Waals surface area contributed by atoms with Crippen molar-refractivity contribution in [3.63, 3.8) is 0 Å². The second-order valence-corrected chi connectivity index (χ2v) is 10.1. The molecule has 1 spiro atoms. The second-order valence-electron chi connectivity index (χ2n) is 8.03. The van der Waals surface area contributed by atoms with Crippen molar-refractivity contribution >= 4 is 16.0 Å². The summed E-state index contributed by atoms with van der Waals surface area (Å²) < 4.78 is 33.9. The molecule has 138 valence electrons. The van der Waals surface area contributed by atoms with Gasteiger partial charge in [-0.05, 0) is 31.2 Å². The molecule has 0 aromatic carbocycles. The number of aryl methyl sites for hydroxylation is 1. The summed E-state index contributed by atoms with van der Waals surface area (Å²) in [5.41, 5.74) is 0.367. The zero-order valence-corrected chi connectivity index (χ0v) is 15.9. The van der Waals surface area contributed by atoms with E-state index in [1.165, 1.54) is 0 Å². The molecule has 0 radical (unpaired) electrons. The number of hydrogen-bond acceptors (Lipinski definition) is 6. The van der Waals surface area contributed by atoms with Crippen LogP contribution in [0.1, 0.15) is 32.3 Å². The van der Waals surface area contributed by atoms with E-state index in [1.54, 1.807) is 16.7 Å². The third-order valence-corrected chi connectivity index (χ3v) is 7.89. The standard InChI is InChI=1S/C17H26N4O3S/c1-12(2)4-5-21-11-17-10-20(16-18-7-13(3)8-19-16)9-14(24-17)6-15(17)25(21,22)23/h7-8,12,14-15H,4-6,9-11H2,1-3H3/t14-,15+,17+/m0/s1. The lowest BCUT2D eigenvalue weighted by Gasteiger charge is -2.39. The van der Waals surface area contributed by atoms with E-state index in [9.17, 15) is 8.42 Å². The van der Waals surface area contributed by atoms with E-state index in [-0.39, 0.29) is 6.10 Å². The van der Waals surface area contributed by atoms with E-state index in [2.05, 4.69) is 28.7 Å². The first kappa shape index (κ1) is 17.2. The Balaban J connectivity index is 1.59. The number of sulfonamides is 1. The molecule has 0 N–H and O–H groups in total. The third kappa shape index (κ3) is 2.84. The summed E-state index contributed by atoms with van der Waals surface area (Å²) in [6, 6.07) is 0. The number of aromatic nitrogens is 2. The van der Waals surface area contributed by atoms with Gasteiger partial charge in [0.05, 0.1) is 12.6 Å². The predicted octanol–water partition coefficient (Wildman–Crippen LogP) is 1.19. The summed E-state index contributed by atoms with van der Waals surface area (Å²) in [4.78, 5) is 10.9. The maximum absolute atomic E-state index is 13.0. The summed E-state index contributed by atoms with van der Waals surface area (Å²) in [5, 5.41) is -0.437. The Labute approximate surface area is 149 Å². The predicted molar refractivity (Wildman–Crippen MR) is 94.9 cm³/mol. The van der Waals surface area contributed by atoms with Gasteiger partial charge in [-0.25, -0.2) is 18.4 Å². The minimum atomic E-state index is -3.30. The molecule has 0 unspecified atom stereocenters. The molecular weight excluding hydrogens is 340 g/mol. The Kier molecular flexibility index (Phi) is 4.05. The fourth-order valence-corrected chi connectivity index (χ4v) is 6.58. The fourth-order valence-electron chi connectivity index (χ4n) is 4.25. The van der Waals surface area contributed by atoms with Gasteiger partial charge in [-0.1, -0.05) is 13.8 Å². The Morgan fingerprint density at radius 3 is 2.72 bits per heavy atom. The molecule has 3 aliphatic heterocycles. The van der Waals surface area contributed by atoms with Gasteiger partial charge in [-0.2, -0.15) is 4.31 Å². The minimum absolute atomic E-state index is 0.0642. The Hall–Kier alpha value is -1.25. The first-order chi connectivity index (χ1) is 11.8. The average Bonchev–Trinajstić information content (AvgIpc) is 2.92. The van der Waals surface area contributed by atoms with Crippen LogP contribution in [-0.2, 0) is 14.8 Å². The van der Waals surface area contributed by atoms with Crippen molar-refractivity contribution in [1.29, 1.82) is 0 Å². The van der Waals surface area contributed by atoms with Crippen molar-refractivity contribution in [1.82, 2.24) is 14.3 Å². The van der Waals surface area contributed by atoms with Crippen molar-refractivity contribution < 1.29 is 13.2 Å². The van der Waals surface area contributed by atoms with Crippen molar-refractivity contribution in [2.45, 2.75) is 50.6 Å². The van der Waals surface area contributed by atoms with E-state index in [0.29, 0.717) is 44.5 Å².